The van der Waals surface area contributed by atoms with Crippen LogP contribution in [-0.2, 0) is 0 Å². The SMILES string of the molecule is CN1CCCN(c2nc(C3CC3)ns2)CC1. The van der Waals surface area contributed by atoms with Gasteiger partial charge in [0.25, 0.3) is 0 Å². The summed E-state index contributed by atoms with van der Waals surface area (Å²) in [6, 6.07) is 0. The molecule has 2 heterocycles. The predicted octanol–water partition coefficient (Wildman–Crippen LogP) is 1.56. The molecule has 0 atom stereocenters. The van der Waals surface area contributed by atoms with Crippen molar-refractivity contribution in [1.29, 1.82) is 0 Å². The van der Waals surface area contributed by atoms with Crippen LogP contribution in [0.25, 0.3) is 0 Å². The maximum Gasteiger partial charge on any atom is 0.205 e. The fraction of sp³-hybridized carbons (Fsp3) is 0.818. The van der Waals surface area contributed by atoms with Gasteiger partial charge in [0.2, 0.25) is 5.13 Å². The summed E-state index contributed by atoms with van der Waals surface area (Å²) in [5, 5.41) is 1.14. The highest BCUT2D eigenvalue weighted by Crippen LogP contribution is 2.39. The molecule has 1 saturated heterocycles. The highest BCUT2D eigenvalue weighted by molar-refractivity contribution is 7.09. The Morgan fingerprint density at radius 3 is 2.88 bits per heavy atom. The summed E-state index contributed by atoms with van der Waals surface area (Å²) in [6.45, 7) is 4.56. The quantitative estimate of drug-likeness (QED) is 0.782. The molecular weight excluding hydrogens is 220 g/mol. The highest BCUT2D eigenvalue weighted by atomic mass is 32.1. The lowest BCUT2D eigenvalue weighted by Gasteiger charge is -2.18. The Kier molecular flexibility index (Phi) is 2.81. The van der Waals surface area contributed by atoms with Gasteiger partial charge in [0.15, 0.2) is 0 Å². The van der Waals surface area contributed by atoms with E-state index in [1.54, 1.807) is 11.5 Å². The number of nitrogens with zero attached hydrogens (tertiary/aromatic N) is 4. The third-order valence-electron chi connectivity index (χ3n) is 3.36. The third kappa shape index (κ3) is 2.20. The third-order valence-corrected chi connectivity index (χ3v) is 4.15. The first-order chi connectivity index (χ1) is 7.83. The van der Waals surface area contributed by atoms with Crippen LogP contribution in [0.15, 0.2) is 0 Å². The van der Waals surface area contributed by atoms with Crippen LogP contribution in [0.5, 0.6) is 0 Å². The number of rotatable bonds is 2. The molecule has 16 heavy (non-hydrogen) atoms. The second kappa shape index (κ2) is 4.30. The number of anilines is 1. The Balaban J connectivity index is 1.69. The van der Waals surface area contributed by atoms with E-state index in [9.17, 15) is 0 Å². The average Bonchev–Trinajstić information content (AvgIpc) is 3.05. The molecule has 0 aromatic carbocycles. The summed E-state index contributed by atoms with van der Waals surface area (Å²) in [4.78, 5) is 9.47. The topological polar surface area (TPSA) is 32.3 Å². The van der Waals surface area contributed by atoms with Gasteiger partial charge in [-0.3, -0.25) is 0 Å². The van der Waals surface area contributed by atoms with E-state index in [0.717, 1.165) is 30.6 Å². The van der Waals surface area contributed by atoms with Crippen molar-refractivity contribution in [2.45, 2.75) is 25.2 Å². The lowest BCUT2D eigenvalue weighted by atomic mass is 10.4. The van der Waals surface area contributed by atoms with Crippen LogP contribution in [-0.4, -0.2) is 47.5 Å². The van der Waals surface area contributed by atoms with E-state index in [-0.39, 0.29) is 0 Å². The van der Waals surface area contributed by atoms with Crippen LogP contribution in [0.2, 0.25) is 0 Å². The Labute approximate surface area is 100 Å². The molecule has 0 amide bonds. The van der Waals surface area contributed by atoms with Crippen molar-refractivity contribution in [3.8, 4) is 0 Å². The standard InChI is InChI=1S/C11H18N4S/c1-14-5-2-6-15(8-7-14)11-12-10(13-16-11)9-3-4-9/h9H,2-8H2,1H3. The van der Waals surface area contributed by atoms with Gasteiger partial charge in [-0.05, 0) is 32.9 Å². The zero-order valence-electron chi connectivity index (χ0n) is 9.72. The van der Waals surface area contributed by atoms with Crippen molar-refractivity contribution < 1.29 is 0 Å². The first kappa shape index (κ1) is 10.5. The van der Waals surface area contributed by atoms with E-state index in [2.05, 4.69) is 26.2 Å². The number of aromatic nitrogens is 2. The minimum absolute atomic E-state index is 0.680. The van der Waals surface area contributed by atoms with Gasteiger partial charge >= 0.3 is 0 Å². The molecule has 88 valence electrons. The maximum atomic E-state index is 4.68. The minimum Gasteiger partial charge on any atom is -0.346 e. The molecule has 1 aromatic rings. The van der Waals surface area contributed by atoms with Crippen LogP contribution in [0.1, 0.15) is 31.0 Å². The predicted molar refractivity (Wildman–Crippen MR) is 66.2 cm³/mol. The van der Waals surface area contributed by atoms with Crippen LogP contribution in [0.3, 0.4) is 0 Å². The Bertz CT molecular complexity index is 361. The van der Waals surface area contributed by atoms with E-state index in [1.165, 1.54) is 25.8 Å². The van der Waals surface area contributed by atoms with Gasteiger partial charge in [0.05, 0.1) is 0 Å². The first-order valence-electron chi connectivity index (χ1n) is 6.10. The van der Waals surface area contributed by atoms with Gasteiger partial charge in [-0.15, -0.1) is 0 Å². The number of hydrogen-bond acceptors (Lipinski definition) is 5. The van der Waals surface area contributed by atoms with Crippen molar-refractivity contribution in [3.63, 3.8) is 0 Å². The summed E-state index contributed by atoms with van der Waals surface area (Å²) < 4.78 is 4.48. The fourth-order valence-electron chi connectivity index (χ4n) is 2.10. The average molecular weight is 238 g/mol. The molecule has 3 rings (SSSR count). The molecule has 2 aliphatic rings. The zero-order valence-corrected chi connectivity index (χ0v) is 10.5. The molecule has 0 bridgehead atoms. The van der Waals surface area contributed by atoms with Gasteiger partial charge in [-0.25, -0.2) is 4.98 Å². The molecular formula is C11H18N4S. The molecule has 0 radical (unpaired) electrons. The van der Waals surface area contributed by atoms with Gasteiger partial charge in [-0.2, -0.15) is 4.37 Å². The largest absolute Gasteiger partial charge is 0.346 e. The summed E-state index contributed by atoms with van der Waals surface area (Å²) in [5.41, 5.74) is 0. The summed E-state index contributed by atoms with van der Waals surface area (Å²) in [5.74, 6) is 1.78. The first-order valence-corrected chi connectivity index (χ1v) is 6.87. The van der Waals surface area contributed by atoms with E-state index in [0.29, 0.717) is 5.92 Å². The van der Waals surface area contributed by atoms with Crippen LogP contribution < -0.4 is 4.90 Å². The number of likely N-dealkylation sites (N-methyl/N-ethyl adjacent to an activating group) is 1. The molecule has 0 N–H and O–H groups in total. The van der Waals surface area contributed by atoms with Crippen molar-refractivity contribution in [2.24, 2.45) is 0 Å². The Morgan fingerprint density at radius 2 is 2.06 bits per heavy atom. The lowest BCUT2D eigenvalue weighted by molar-refractivity contribution is 0.360. The van der Waals surface area contributed by atoms with Crippen molar-refractivity contribution >= 4 is 16.7 Å². The molecule has 0 spiro atoms. The summed E-state index contributed by atoms with van der Waals surface area (Å²) in [7, 11) is 2.19. The minimum atomic E-state index is 0.680. The second-order valence-corrected chi connectivity index (χ2v) is 5.58. The van der Waals surface area contributed by atoms with E-state index < -0.39 is 0 Å². The van der Waals surface area contributed by atoms with E-state index in [4.69, 9.17) is 0 Å². The zero-order chi connectivity index (χ0) is 11.0. The molecule has 0 unspecified atom stereocenters. The van der Waals surface area contributed by atoms with Gasteiger partial charge < -0.3 is 9.80 Å². The summed E-state index contributed by atoms with van der Waals surface area (Å²) in [6.07, 6.45) is 3.81. The van der Waals surface area contributed by atoms with Crippen molar-refractivity contribution in [2.75, 3.05) is 38.1 Å². The fourth-order valence-corrected chi connectivity index (χ4v) is 2.90. The van der Waals surface area contributed by atoms with E-state index in [1.807, 2.05) is 0 Å². The normalized spacial score (nSPS) is 23.4. The highest BCUT2D eigenvalue weighted by Gasteiger charge is 2.28. The van der Waals surface area contributed by atoms with Gasteiger partial charge in [0, 0.05) is 37.1 Å². The monoisotopic (exact) mass is 238 g/mol. The van der Waals surface area contributed by atoms with Crippen molar-refractivity contribution in [3.05, 3.63) is 5.82 Å². The molecule has 4 nitrogen and oxygen atoms in total. The summed E-state index contributed by atoms with van der Waals surface area (Å²) >= 11 is 1.58. The van der Waals surface area contributed by atoms with Gasteiger partial charge in [-0.1, -0.05) is 0 Å². The molecule has 1 aliphatic carbocycles. The molecule has 2 fully saturated rings. The van der Waals surface area contributed by atoms with Crippen molar-refractivity contribution in [1.82, 2.24) is 14.3 Å². The van der Waals surface area contributed by atoms with E-state index >= 15 is 0 Å². The lowest BCUT2D eigenvalue weighted by Crippen LogP contribution is -2.28. The molecule has 1 aromatic heterocycles. The van der Waals surface area contributed by atoms with Gasteiger partial charge in [0.1, 0.15) is 5.82 Å². The Hall–Kier alpha value is -0.680. The number of hydrogen-bond donors (Lipinski definition) is 0. The smallest absolute Gasteiger partial charge is 0.205 e. The van der Waals surface area contributed by atoms with Crippen LogP contribution in [0.4, 0.5) is 5.13 Å². The molecule has 5 heteroatoms. The molecule has 1 aliphatic heterocycles. The maximum absolute atomic E-state index is 4.68. The second-order valence-electron chi connectivity index (χ2n) is 4.85. The van der Waals surface area contributed by atoms with Crippen LogP contribution >= 0.6 is 11.5 Å². The van der Waals surface area contributed by atoms with Crippen LogP contribution in [0, 0.1) is 0 Å². The molecule has 1 saturated carbocycles. The Morgan fingerprint density at radius 1 is 1.19 bits per heavy atom.